The molecule has 1 N–H and O–H groups in total. The molecule has 0 spiro atoms. The van der Waals surface area contributed by atoms with Gasteiger partial charge in [-0.3, -0.25) is 0 Å². The standard InChI is InChI=1S/C15H20O3/c1-8-4-5-11-12(8)13-10(6-7-15(11,3)17)9(2)14(16)18-13/h10-11,13,17H,2,4-7H2,1,3H3/t10-,11-,13-,15-/m0/s1. The van der Waals surface area contributed by atoms with Crippen molar-refractivity contribution in [2.75, 3.05) is 0 Å². The van der Waals surface area contributed by atoms with E-state index in [9.17, 15) is 9.90 Å². The highest BCUT2D eigenvalue weighted by Crippen LogP contribution is 2.51. The second-order valence-electron chi connectivity index (χ2n) is 6.18. The lowest BCUT2D eigenvalue weighted by Gasteiger charge is -2.31. The molecule has 0 radical (unpaired) electrons. The number of fused-ring (bicyclic) bond motifs is 3. The van der Waals surface area contributed by atoms with Crippen molar-refractivity contribution >= 4 is 5.97 Å². The van der Waals surface area contributed by atoms with E-state index in [2.05, 4.69) is 13.5 Å². The molecular weight excluding hydrogens is 228 g/mol. The van der Waals surface area contributed by atoms with Crippen molar-refractivity contribution in [3.63, 3.8) is 0 Å². The number of esters is 1. The second kappa shape index (κ2) is 3.70. The Bertz CT molecular complexity index is 458. The summed E-state index contributed by atoms with van der Waals surface area (Å²) < 4.78 is 5.53. The summed E-state index contributed by atoms with van der Waals surface area (Å²) in [5.74, 6) is -0.0410. The molecule has 1 heterocycles. The van der Waals surface area contributed by atoms with E-state index in [4.69, 9.17) is 4.74 Å². The molecule has 0 unspecified atom stereocenters. The third-order valence-corrected chi connectivity index (χ3v) is 5.00. The van der Waals surface area contributed by atoms with Crippen LogP contribution in [0.15, 0.2) is 23.3 Å². The lowest BCUT2D eigenvalue weighted by atomic mass is 9.82. The van der Waals surface area contributed by atoms with Gasteiger partial charge in [0.25, 0.3) is 0 Å². The minimum atomic E-state index is -0.676. The van der Waals surface area contributed by atoms with Crippen LogP contribution >= 0.6 is 0 Å². The van der Waals surface area contributed by atoms with Crippen LogP contribution in [0.25, 0.3) is 0 Å². The number of aliphatic hydroxyl groups is 1. The van der Waals surface area contributed by atoms with Gasteiger partial charge in [0.2, 0.25) is 0 Å². The molecular formula is C15H20O3. The first-order valence-electron chi connectivity index (χ1n) is 6.73. The van der Waals surface area contributed by atoms with Gasteiger partial charge in [0, 0.05) is 17.4 Å². The van der Waals surface area contributed by atoms with Crippen molar-refractivity contribution < 1.29 is 14.6 Å². The first kappa shape index (κ1) is 12.0. The number of rotatable bonds is 0. The molecule has 2 fully saturated rings. The van der Waals surface area contributed by atoms with Crippen molar-refractivity contribution in [1.29, 1.82) is 0 Å². The van der Waals surface area contributed by atoms with Crippen molar-refractivity contribution in [2.24, 2.45) is 11.8 Å². The topological polar surface area (TPSA) is 46.5 Å². The lowest BCUT2D eigenvalue weighted by Crippen LogP contribution is -2.35. The van der Waals surface area contributed by atoms with Crippen molar-refractivity contribution in [2.45, 2.75) is 51.2 Å². The van der Waals surface area contributed by atoms with Gasteiger partial charge < -0.3 is 9.84 Å². The number of ether oxygens (including phenoxy) is 1. The van der Waals surface area contributed by atoms with E-state index in [0.717, 1.165) is 19.3 Å². The first-order chi connectivity index (χ1) is 8.42. The van der Waals surface area contributed by atoms with Crippen LogP contribution in [0.1, 0.15) is 39.5 Å². The summed E-state index contributed by atoms with van der Waals surface area (Å²) in [6.45, 7) is 7.89. The third-order valence-electron chi connectivity index (χ3n) is 5.00. The molecule has 0 aromatic carbocycles. The SMILES string of the molecule is C=C1C(=O)O[C@@H]2C3=C(C)CC[C@@H]3[C@@](C)(O)CC[C@@H]12. The molecule has 0 aromatic rings. The number of hydrogen-bond acceptors (Lipinski definition) is 3. The van der Waals surface area contributed by atoms with Gasteiger partial charge >= 0.3 is 5.97 Å². The molecule has 3 heteroatoms. The Kier molecular flexibility index (Phi) is 2.46. The molecule has 0 amide bonds. The fraction of sp³-hybridized carbons (Fsp3) is 0.667. The maximum absolute atomic E-state index is 11.7. The molecule has 1 saturated carbocycles. The molecule has 0 aromatic heterocycles. The monoisotopic (exact) mass is 248 g/mol. The van der Waals surface area contributed by atoms with E-state index in [1.165, 1.54) is 11.1 Å². The summed E-state index contributed by atoms with van der Waals surface area (Å²) in [4.78, 5) is 11.7. The van der Waals surface area contributed by atoms with Gasteiger partial charge in [-0.15, -0.1) is 0 Å². The smallest absolute Gasteiger partial charge is 0.334 e. The van der Waals surface area contributed by atoms with Gasteiger partial charge in [-0.1, -0.05) is 12.2 Å². The van der Waals surface area contributed by atoms with Crippen LogP contribution in [-0.4, -0.2) is 22.8 Å². The molecule has 1 aliphatic heterocycles. The molecule has 2 aliphatic carbocycles. The van der Waals surface area contributed by atoms with Crippen LogP contribution in [0.4, 0.5) is 0 Å². The zero-order valence-electron chi connectivity index (χ0n) is 11.0. The predicted octanol–water partition coefficient (Wildman–Crippen LogP) is 2.36. The Labute approximate surface area is 108 Å². The van der Waals surface area contributed by atoms with Crippen molar-refractivity contribution in [3.8, 4) is 0 Å². The highest BCUT2D eigenvalue weighted by molar-refractivity contribution is 5.91. The van der Waals surface area contributed by atoms with Crippen LogP contribution < -0.4 is 0 Å². The zero-order valence-corrected chi connectivity index (χ0v) is 11.0. The molecule has 0 bridgehead atoms. The Morgan fingerprint density at radius 2 is 2.17 bits per heavy atom. The summed E-state index contributed by atoms with van der Waals surface area (Å²) in [5.41, 5.74) is 2.38. The van der Waals surface area contributed by atoms with E-state index in [-0.39, 0.29) is 23.9 Å². The van der Waals surface area contributed by atoms with Gasteiger partial charge in [-0.25, -0.2) is 4.79 Å². The summed E-state index contributed by atoms with van der Waals surface area (Å²) in [7, 11) is 0. The van der Waals surface area contributed by atoms with E-state index in [0.29, 0.717) is 12.0 Å². The van der Waals surface area contributed by atoms with Crippen molar-refractivity contribution in [1.82, 2.24) is 0 Å². The maximum Gasteiger partial charge on any atom is 0.334 e. The second-order valence-corrected chi connectivity index (χ2v) is 6.18. The number of allylic oxidation sites excluding steroid dienone is 1. The average Bonchev–Trinajstić information content (AvgIpc) is 2.76. The van der Waals surface area contributed by atoms with Gasteiger partial charge in [-0.2, -0.15) is 0 Å². The molecule has 3 aliphatic rings. The summed E-state index contributed by atoms with van der Waals surface area (Å²) >= 11 is 0. The molecule has 18 heavy (non-hydrogen) atoms. The van der Waals surface area contributed by atoms with Crippen LogP contribution in [0.3, 0.4) is 0 Å². The van der Waals surface area contributed by atoms with E-state index in [1.807, 2.05) is 6.92 Å². The quantitative estimate of drug-likeness (QED) is 0.406. The van der Waals surface area contributed by atoms with E-state index >= 15 is 0 Å². The Hall–Kier alpha value is -1.09. The lowest BCUT2D eigenvalue weighted by molar-refractivity contribution is -0.138. The Morgan fingerprint density at radius 3 is 2.89 bits per heavy atom. The number of hydrogen-bond donors (Lipinski definition) is 1. The minimum absolute atomic E-state index is 0.0667. The first-order valence-corrected chi connectivity index (χ1v) is 6.73. The van der Waals surface area contributed by atoms with Crippen LogP contribution in [-0.2, 0) is 9.53 Å². The highest BCUT2D eigenvalue weighted by Gasteiger charge is 2.51. The van der Waals surface area contributed by atoms with Gasteiger partial charge in [-0.05, 0) is 45.1 Å². The van der Waals surface area contributed by atoms with Crippen LogP contribution in [0.2, 0.25) is 0 Å². The summed E-state index contributed by atoms with van der Waals surface area (Å²) in [6, 6.07) is 0. The highest BCUT2D eigenvalue weighted by atomic mass is 16.6. The van der Waals surface area contributed by atoms with Gasteiger partial charge in [0.15, 0.2) is 0 Å². The largest absolute Gasteiger partial charge is 0.454 e. The molecule has 1 saturated heterocycles. The zero-order chi connectivity index (χ0) is 13.1. The summed E-state index contributed by atoms with van der Waals surface area (Å²) in [5, 5.41) is 10.6. The number of carbonyl (C=O) groups is 1. The molecule has 3 rings (SSSR count). The fourth-order valence-corrected chi connectivity index (χ4v) is 3.88. The van der Waals surface area contributed by atoms with Gasteiger partial charge in [0.05, 0.1) is 5.60 Å². The van der Waals surface area contributed by atoms with Crippen molar-refractivity contribution in [3.05, 3.63) is 23.3 Å². The summed E-state index contributed by atoms with van der Waals surface area (Å²) in [6.07, 6.45) is 3.32. The third kappa shape index (κ3) is 1.50. The predicted molar refractivity (Wildman–Crippen MR) is 67.8 cm³/mol. The van der Waals surface area contributed by atoms with Crippen LogP contribution in [0.5, 0.6) is 0 Å². The Balaban J connectivity index is 2.07. The Morgan fingerprint density at radius 1 is 1.44 bits per heavy atom. The fourth-order valence-electron chi connectivity index (χ4n) is 3.88. The normalized spacial score (nSPS) is 43.6. The number of carbonyl (C=O) groups excluding carboxylic acids is 1. The molecule has 98 valence electrons. The molecule has 3 nitrogen and oxygen atoms in total. The van der Waals surface area contributed by atoms with E-state index < -0.39 is 5.60 Å². The maximum atomic E-state index is 11.7. The van der Waals surface area contributed by atoms with Crippen LogP contribution in [0, 0.1) is 11.8 Å². The molecule has 4 atom stereocenters. The van der Waals surface area contributed by atoms with Gasteiger partial charge in [0.1, 0.15) is 6.10 Å². The average molecular weight is 248 g/mol. The minimum Gasteiger partial charge on any atom is -0.454 e. The van der Waals surface area contributed by atoms with E-state index in [1.54, 1.807) is 0 Å².